The molecule has 0 spiro atoms. The van der Waals surface area contributed by atoms with Gasteiger partial charge in [-0.25, -0.2) is 4.79 Å². The molecule has 3 N–H and O–H groups in total. The van der Waals surface area contributed by atoms with E-state index < -0.39 is 67.3 Å². The second-order valence-corrected chi connectivity index (χ2v) is 21.7. The van der Waals surface area contributed by atoms with E-state index in [0.717, 1.165) is 109 Å². The van der Waals surface area contributed by atoms with Crippen molar-refractivity contribution in [3.8, 4) is 0 Å². The van der Waals surface area contributed by atoms with E-state index in [1.807, 2.05) is 0 Å². The molecule has 6 atom stereocenters. The van der Waals surface area contributed by atoms with Crippen LogP contribution in [0.4, 0.5) is 0 Å². The van der Waals surface area contributed by atoms with E-state index in [4.69, 9.17) is 23.7 Å². The molecule has 6 unspecified atom stereocenters. The summed E-state index contributed by atoms with van der Waals surface area (Å²) in [6.07, 6.45) is 52.1. The van der Waals surface area contributed by atoms with Gasteiger partial charge in [0, 0.05) is 19.3 Å². The standard InChI is InChI=1S/C65H114O12/c1-4-7-10-13-16-19-22-25-27-29-31-34-36-39-42-45-48-51-57(66)73-54-56(75-58(67)52-49-46-43-40-37-33-24-21-18-15-12-9-6-3)55-74-65-63(61(70)60(69)62(77-65)64(71)72)76-59(68)53-50-47-44-41-38-35-32-30-28-26-23-20-17-14-11-8-5-2/h8,11,17,20,25-28,56,60-63,65,69-70H,4-7,9-10,12-16,18-19,21-24,29-55H2,1-3H3,(H,71,72)/b11-8-,20-17-,27-25-,28-26-. The Morgan fingerprint density at radius 3 is 1.26 bits per heavy atom. The van der Waals surface area contributed by atoms with Gasteiger partial charge in [-0.15, -0.1) is 0 Å². The average molecular weight is 1090 g/mol. The summed E-state index contributed by atoms with van der Waals surface area (Å²) in [7, 11) is 0. The van der Waals surface area contributed by atoms with Gasteiger partial charge >= 0.3 is 23.9 Å². The molecule has 0 aliphatic carbocycles. The molecule has 1 aliphatic rings. The molecule has 446 valence electrons. The maximum atomic E-state index is 13.2. The van der Waals surface area contributed by atoms with Crippen LogP contribution in [0.2, 0.25) is 0 Å². The SMILES string of the molecule is CC/C=C\C/C=C\C/C=C\CCCCCCCCCC(=O)OC1C(OCC(COC(=O)CCCCCCCCC/C=C\CCCCCCCC)OC(=O)CCCCCCCCCCCCCCC)OC(C(=O)O)C(O)C1O. The fourth-order valence-electron chi connectivity index (χ4n) is 9.56. The first-order valence-electron chi connectivity index (χ1n) is 31.6. The normalized spacial score (nSPS) is 18.3. The smallest absolute Gasteiger partial charge is 0.335 e. The third-order valence-corrected chi connectivity index (χ3v) is 14.4. The first-order chi connectivity index (χ1) is 37.6. The maximum Gasteiger partial charge on any atom is 0.335 e. The molecule has 1 saturated heterocycles. The van der Waals surface area contributed by atoms with Gasteiger partial charge in [-0.05, 0) is 77.0 Å². The van der Waals surface area contributed by atoms with Crippen LogP contribution in [-0.4, -0.2) is 89.2 Å². The van der Waals surface area contributed by atoms with Gasteiger partial charge in [0.25, 0.3) is 0 Å². The number of esters is 3. The zero-order valence-electron chi connectivity index (χ0n) is 49.2. The molecule has 1 heterocycles. The lowest BCUT2D eigenvalue weighted by molar-refractivity contribution is -0.301. The number of hydrogen-bond donors (Lipinski definition) is 3. The molecule has 0 aromatic rings. The van der Waals surface area contributed by atoms with Crippen LogP contribution >= 0.6 is 0 Å². The van der Waals surface area contributed by atoms with E-state index in [-0.39, 0.29) is 25.9 Å². The molecule has 1 aliphatic heterocycles. The third kappa shape index (κ3) is 43.2. The minimum atomic E-state index is -1.91. The second kappa shape index (κ2) is 53.3. The number of aliphatic hydroxyl groups excluding tert-OH is 2. The average Bonchev–Trinajstić information content (AvgIpc) is 3.42. The van der Waals surface area contributed by atoms with Crippen molar-refractivity contribution in [3.63, 3.8) is 0 Å². The van der Waals surface area contributed by atoms with E-state index in [1.165, 1.54) is 122 Å². The summed E-state index contributed by atoms with van der Waals surface area (Å²) in [6, 6.07) is 0. The van der Waals surface area contributed by atoms with Gasteiger partial charge in [0.15, 0.2) is 24.6 Å². The predicted molar refractivity (Wildman–Crippen MR) is 312 cm³/mol. The van der Waals surface area contributed by atoms with Gasteiger partial charge in [-0.3, -0.25) is 14.4 Å². The molecule has 12 nitrogen and oxygen atoms in total. The summed E-state index contributed by atoms with van der Waals surface area (Å²) >= 11 is 0. The van der Waals surface area contributed by atoms with Crippen molar-refractivity contribution in [2.24, 2.45) is 0 Å². The van der Waals surface area contributed by atoms with Crippen LogP contribution in [0.15, 0.2) is 48.6 Å². The van der Waals surface area contributed by atoms with Crippen LogP contribution in [0, 0.1) is 0 Å². The molecule has 0 amide bonds. The lowest BCUT2D eigenvalue weighted by Gasteiger charge is -2.40. The number of ether oxygens (including phenoxy) is 5. The number of unbranched alkanes of at least 4 members (excludes halogenated alkanes) is 32. The minimum Gasteiger partial charge on any atom is -0.479 e. The molecular formula is C65H114O12. The Balaban J connectivity index is 2.66. The van der Waals surface area contributed by atoms with Gasteiger partial charge in [0.2, 0.25) is 0 Å². The summed E-state index contributed by atoms with van der Waals surface area (Å²) in [4.78, 5) is 51.2. The van der Waals surface area contributed by atoms with Crippen LogP contribution in [-0.2, 0) is 42.9 Å². The molecule has 1 fully saturated rings. The fourth-order valence-corrected chi connectivity index (χ4v) is 9.56. The molecule has 12 heteroatoms. The van der Waals surface area contributed by atoms with Crippen molar-refractivity contribution in [2.45, 2.75) is 327 Å². The molecule has 0 aromatic carbocycles. The Hall–Kier alpha value is -3.32. The van der Waals surface area contributed by atoms with Crippen LogP contribution in [0.5, 0.6) is 0 Å². The first kappa shape index (κ1) is 71.7. The van der Waals surface area contributed by atoms with Crippen molar-refractivity contribution >= 4 is 23.9 Å². The number of hydrogen-bond acceptors (Lipinski definition) is 11. The molecule has 0 aromatic heterocycles. The molecule has 1 rings (SSSR count). The maximum absolute atomic E-state index is 13.2. The van der Waals surface area contributed by atoms with E-state index >= 15 is 0 Å². The van der Waals surface area contributed by atoms with Gasteiger partial charge in [0.05, 0.1) is 6.61 Å². The van der Waals surface area contributed by atoms with Gasteiger partial charge in [-0.2, -0.15) is 0 Å². The summed E-state index contributed by atoms with van der Waals surface area (Å²) in [5.74, 6) is -3.11. The van der Waals surface area contributed by atoms with Crippen molar-refractivity contribution < 1.29 is 58.2 Å². The van der Waals surface area contributed by atoms with Crippen molar-refractivity contribution in [1.29, 1.82) is 0 Å². The highest BCUT2D eigenvalue weighted by Gasteiger charge is 2.50. The molecule has 0 radical (unpaired) electrons. The number of carboxylic acid groups (broad SMARTS) is 1. The van der Waals surface area contributed by atoms with E-state index in [1.54, 1.807) is 0 Å². The Labute approximate surface area is 469 Å². The predicted octanol–water partition coefficient (Wildman–Crippen LogP) is 16.6. The highest BCUT2D eigenvalue weighted by molar-refractivity contribution is 5.74. The van der Waals surface area contributed by atoms with Crippen LogP contribution < -0.4 is 0 Å². The van der Waals surface area contributed by atoms with Crippen LogP contribution in [0.25, 0.3) is 0 Å². The molecule has 0 bridgehead atoms. The Bertz CT molecular complexity index is 1520. The first-order valence-corrected chi connectivity index (χ1v) is 31.6. The van der Waals surface area contributed by atoms with Crippen molar-refractivity contribution in [3.05, 3.63) is 48.6 Å². The number of carbonyl (C=O) groups excluding carboxylic acids is 3. The Morgan fingerprint density at radius 2 is 0.818 bits per heavy atom. The minimum absolute atomic E-state index is 0.0508. The summed E-state index contributed by atoms with van der Waals surface area (Å²) in [5, 5.41) is 31.5. The van der Waals surface area contributed by atoms with Crippen molar-refractivity contribution in [2.75, 3.05) is 13.2 Å². The third-order valence-electron chi connectivity index (χ3n) is 14.4. The fraction of sp³-hybridized carbons (Fsp3) is 0.815. The van der Waals surface area contributed by atoms with Crippen LogP contribution in [0.1, 0.15) is 290 Å². The highest BCUT2D eigenvalue weighted by Crippen LogP contribution is 2.27. The summed E-state index contributed by atoms with van der Waals surface area (Å²) < 4.78 is 28.5. The van der Waals surface area contributed by atoms with Gasteiger partial charge < -0.3 is 39.0 Å². The lowest BCUT2D eigenvalue weighted by atomic mass is 9.98. The monoisotopic (exact) mass is 1090 g/mol. The largest absolute Gasteiger partial charge is 0.479 e. The lowest BCUT2D eigenvalue weighted by Crippen LogP contribution is -2.61. The van der Waals surface area contributed by atoms with Crippen LogP contribution in [0.3, 0.4) is 0 Å². The quantitative estimate of drug-likeness (QED) is 0.0228. The number of carboxylic acids is 1. The van der Waals surface area contributed by atoms with E-state index in [0.29, 0.717) is 19.3 Å². The molecular weight excluding hydrogens is 973 g/mol. The van der Waals surface area contributed by atoms with E-state index in [2.05, 4.69) is 69.4 Å². The molecule has 77 heavy (non-hydrogen) atoms. The number of carbonyl (C=O) groups is 4. The number of aliphatic carboxylic acids is 1. The number of aliphatic hydroxyl groups is 2. The topological polar surface area (TPSA) is 175 Å². The zero-order valence-corrected chi connectivity index (χ0v) is 49.2. The second-order valence-electron chi connectivity index (χ2n) is 21.7. The zero-order chi connectivity index (χ0) is 56.1. The summed E-state index contributed by atoms with van der Waals surface area (Å²) in [5.41, 5.74) is 0. The van der Waals surface area contributed by atoms with Gasteiger partial charge in [0.1, 0.15) is 18.8 Å². The Morgan fingerprint density at radius 1 is 0.442 bits per heavy atom. The van der Waals surface area contributed by atoms with Crippen molar-refractivity contribution in [1.82, 2.24) is 0 Å². The highest BCUT2D eigenvalue weighted by atomic mass is 16.7. The van der Waals surface area contributed by atoms with Gasteiger partial charge in [-0.1, -0.05) is 243 Å². The summed E-state index contributed by atoms with van der Waals surface area (Å²) in [6.45, 7) is 5.90. The van der Waals surface area contributed by atoms with E-state index in [9.17, 15) is 34.5 Å². The Kier molecular flexibility index (Phi) is 49.7. The number of allylic oxidation sites excluding steroid dienone is 8. The number of rotatable bonds is 54. The molecule has 0 saturated carbocycles.